The molecule has 0 spiro atoms. The molecule has 1 N–H and O–H groups in total. The van der Waals surface area contributed by atoms with Crippen LogP contribution in [0.2, 0.25) is 0 Å². The maximum atomic E-state index is 10.0. The first kappa shape index (κ1) is 14.0. The van der Waals surface area contributed by atoms with Gasteiger partial charge in [0.1, 0.15) is 0 Å². The Morgan fingerprint density at radius 1 is 1.29 bits per heavy atom. The topological polar surface area (TPSA) is 23.5 Å². The summed E-state index contributed by atoms with van der Waals surface area (Å²) in [6.45, 7) is 9.20. The molecule has 1 atom stereocenters. The predicted octanol–water partition coefficient (Wildman–Crippen LogP) is 3.23. The van der Waals surface area contributed by atoms with E-state index in [0.717, 1.165) is 13.0 Å². The van der Waals surface area contributed by atoms with Gasteiger partial charge in [0.2, 0.25) is 0 Å². The van der Waals surface area contributed by atoms with Gasteiger partial charge in [0.05, 0.1) is 6.10 Å². The third-order valence-electron chi connectivity index (χ3n) is 3.18. The molecule has 0 aliphatic heterocycles. The summed E-state index contributed by atoms with van der Waals surface area (Å²) in [4.78, 5) is 2.20. The fraction of sp³-hybridized carbons (Fsp3) is 0.600. The van der Waals surface area contributed by atoms with E-state index in [-0.39, 0.29) is 11.5 Å². The zero-order chi connectivity index (χ0) is 13.1. The first-order valence-electron chi connectivity index (χ1n) is 6.26. The summed E-state index contributed by atoms with van der Waals surface area (Å²) in [5.74, 6) is 0. The first-order valence-corrected chi connectivity index (χ1v) is 6.26. The van der Waals surface area contributed by atoms with Gasteiger partial charge in [-0.3, -0.25) is 0 Å². The standard InChI is InChI=1S/C15H25NO/c1-12-7-6-8-13(11-12)16(5)10-9-14(17)15(2,3)4/h6-8,11,14,17H,9-10H2,1-5H3. The van der Waals surface area contributed by atoms with Crippen LogP contribution in [0, 0.1) is 12.3 Å². The van der Waals surface area contributed by atoms with Crippen LogP contribution in [-0.4, -0.2) is 24.8 Å². The second kappa shape index (κ2) is 5.54. The van der Waals surface area contributed by atoms with Crippen molar-refractivity contribution < 1.29 is 5.11 Å². The second-order valence-corrected chi connectivity index (χ2v) is 5.93. The molecule has 2 nitrogen and oxygen atoms in total. The number of benzene rings is 1. The van der Waals surface area contributed by atoms with Gasteiger partial charge in [0.25, 0.3) is 0 Å². The minimum absolute atomic E-state index is 0.0343. The zero-order valence-corrected chi connectivity index (χ0v) is 11.7. The fourth-order valence-electron chi connectivity index (χ4n) is 1.74. The van der Waals surface area contributed by atoms with Crippen LogP contribution in [0.15, 0.2) is 24.3 Å². The van der Waals surface area contributed by atoms with Crippen LogP contribution < -0.4 is 4.90 Å². The van der Waals surface area contributed by atoms with Gasteiger partial charge in [-0.25, -0.2) is 0 Å². The summed E-state index contributed by atoms with van der Waals surface area (Å²) in [6.07, 6.45) is 0.545. The molecular weight excluding hydrogens is 210 g/mol. The number of hydrogen-bond donors (Lipinski definition) is 1. The van der Waals surface area contributed by atoms with Gasteiger partial charge in [-0.2, -0.15) is 0 Å². The van der Waals surface area contributed by atoms with Crippen molar-refractivity contribution in [3.63, 3.8) is 0 Å². The van der Waals surface area contributed by atoms with Crippen LogP contribution in [0.1, 0.15) is 32.8 Å². The van der Waals surface area contributed by atoms with Gasteiger partial charge in [-0.15, -0.1) is 0 Å². The van der Waals surface area contributed by atoms with Crippen LogP contribution in [0.25, 0.3) is 0 Å². The Labute approximate surface area is 105 Å². The highest BCUT2D eigenvalue weighted by molar-refractivity contribution is 5.47. The molecule has 1 aromatic carbocycles. The average Bonchev–Trinajstić information content (AvgIpc) is 2.24. The van der Waals surface area contributed by atoms with Crippen molar-refractivity contribution in [1.82, 2.24) is 0 Å². The van der Waals surface area contributed by atoms with Gasteiger partial charge in [0.15, 0.2) is 0 Å². The average molecular weight is 235 g/mol. The number of aliphatic hydroxyl groups is 1. The Hall–Kier alpha value is -1.02. The van der Waals surface area contributed by atoms with Crippen LogP contribution in [-0.2, 0) is 0 Å². The summed E-state index contributed by atoms with van der Waals surface area (Å²) < 4.78 is 0. The van der Waals surface area contributed by atoms with Crippen LogP contribution in [0.5, 0.6) is 0 Å². The van der Waals surface area contributed by atoms with E-state index >= 15 is 0 Å². The number of nitrogens with zero attached hydrogens (tertiary/aromatic N) is 1. The highest BCUT2D eigenvalue weighted by Crippen LogP contribution is 2.22. The Morgan fingerprint density at radius 2 is 1.94 bits per heavy atom. The lowest BCUT2D eigenvalue weighted by atomic mass is 9.87. The molecule has 0 aromatic heterocycles. The highest BCUT2D eigenvalue weighted by atomic mass is 16.3. The number of aliphatic hydroxyl groups excluding tert-OH is 1. The third kappa shape index (κ3) is 4.39. The molecule has 0 bridgehead atoms. The van der Waals surface area contributed by atoms with Crippen LogP contribution in [0.3, 0.4) is 0 Å². The van der Waals surface area contributed by atoms with Gasteiger partial charge in [0, 0.05) is 19.3 Å². The number of anilines is 1. The Kier molecular flexibility index (Phi) is 4.58. The van der Waals surface area contributed by atoms with E-state index in [1.807, 2.05) is 0 Å². The Bertz CT molecular complexity index is 354. The summed E-state index contributed by atoms with van der Waals surface area (Å²) in [6, 6.07) is 8.45. The van der Waals surface area contributed by atoms with Gasteiger partial charge < -0.3 is 10.0 Å². The fourth-order valence-corrected chi connectivity index (χ4v) is 1.74. The summed E-state index contributed by atoms with van der Waals surface area (Å²) in [7, 11) is 2.07. The van der Waals surface area contributed by atoms with Crippen LogP contribution >= 0.6 is 0 Å². The van der Waals surface area contributed by atoms with Crippen molar-refractivity contribution in [1.29, 1.82) is 0 Å². The van der Waals surface area contributed by atoms with E-state index < -0.39 is 0 Å². The molecule has 96 valence electrons. The summed E-state index contributed by atoms with van der Waals surface area (Å²) in [5, 5.41) is 10.0. The van der Waals surface area contributed by atoms with E-state index in [2.05, 4.69) is 63.9 Å². The molecule has 0 saturated heterocycles. The molecule has 1 aromatic rings. The largest absolute Gasteiger partial charge is 0.393 e. The Morgan fingerprint density at radius 3 is 2.47 bits per heavy atom. The molecule has 17 heavy (non-hydrogen) atoms. The molecule has 0 amide bonds. The molecule has 0 aliphatic rings. The molecule has 0 saturated carbocycles. The van der Waals surface area contributed by atoms with Crippen molar-refractivity contribution in [2.75, 3.05) is 18.5 Å². The predicted molar refractivity (Wildman–Crippen MR) is 74.5 cm³/mol. The van der Waals surface area contributed by atoms with Gasteiger partial charge in [-0.05, 0) is 36.5 Å². The van der Waals surface area contributed by atoms with E-state index in [0.29, 0.717) is 0 Å². The van der Waals surface area contributed by atoms with Crippen molar-refractivity contribution in [3.8, 4) is 0 Å². The van der Waals surface area contributed by atoms with Gasteiger partial charge in [-0.1, -0.05) is 32.9 Å². The van der Waals surface area contributed by atoms with Crippen molar-refractivity contribution >= 4 is 5.69 Å². The van der Waals surface area contributed by atoms with E-state index in [4.69, 9.17) is 0 Å². The highest BCUT2D eigenvalue weighted by Gasteiger charge is 2.21. The number of rotatable bonds is 4. The minimum Gasteiger partial charge on any atom is -0.393 e. The van der Waals surface area contributed by atoms with Crippen molar-refractivity contribution in [2.24, 2.45) is 5.41 Å². The molecule has 1 rings (SSSR count). The second-order valence-electron chi connectivity index (χ2n) is 5.93. The van der Waals surface area contributed by atoms with Gasteiger partial charge >= 0.3 is 0 Å². The maximum absolute atomic E-state index is 10.0. The molecule has 0 radical (unpaired) electrons. The minimum atomic E-state index is -0.255. The third-order valence-corrected chi connectivity index (χ3v) is 3.18. The number of hydrogen-bond acceptors (Lipinski definition) is 2. The molecule has 0 aliphatic carbocycles. The van der Waals surface area contributed by atoms with Crippen molar-refractivity contribution in [2.45, 2.75) is 40.2 Å². The molecule has 0 fully saturated rings. The first-order chi connectivity index (χ1) is 7.80. The maximum Gasteiger partial charge on any atom is 0.0605 e. The monoisotopic (exact) mass is 235 g/mol. The summed E-state index contributed by atoms with van der Waals surface area (Å²) in [5.41, 5.74) is 2.45. The van der Waals surface area contributed by atoms with E-state index in [1.54, 1.807) is 0 Å². The molecule has 1 unspecified atom stereocenters. The SMILES string of the molecule is Cc1cccc(N(C)CCC(O)C(C)(C)C)c1. The van der Waals surface area contributed by atoms with Crippen LogP contribution in [0.4, 0.5) is 5.69 Å². The normalized spacial score (nSPS) is 13.5. The Balaban J connectivity index is 2.53. The molecular formula is C15H25NO. The lowest BCUT2D eigenvalue weighted by molar-refractivity contribution is 0.0576. The van der Waals surface area contributed by atoms with E-state index in [1.165, 1.54) is 11.3 Å². The number of aryl methyl sites for hydroxylation is 1. The summed E-state index contributed by atoms with van der Waals surface area (Å²) >= 11 is 0. The van der Waals surface area contributed by atoms with E-state index in [9.17, 15) is 5.11 Å². The molecule has 0 heterocycles. The lowest BCUT2D eigenvalue weighted by Gasteiger charge is -2.28. The zero-order valence-electron chi connectivity index (χ0n) is 11.7. The quantitative estimate of drug-likeness (QED) is 0.866. The molecule has 2 heteroatoms. The smallest absolute Gasteiger partial charge is 0.0605 e. The van der Waals surface area contributed by atoms with Crippen molar-refractivity contribution in [3.05, 3.63) is 29.8 Å². The lowest BCUT2D eigenvalue weighted by Crippen LogP contribution is -2.31.